The second kappa shape index (κ2) is 12.2. The molecule has 2 N–H and O–H groups in total. The van der Waals surface area contributed by atoms with E-state index < -0.39 is 0 Å². The summed E-state index contributed by atoms with van der Waals surface area (Å²) in [6, 6.07) is 0.101. The van der Waals surface area contributed by atoms with Gasteiger partial charge in [0.2, 0.25) is 0 Å². The summed E-state index contributed by atoms with van der Waals surface area (Å²) in [4.78, 5) is 11.4. The van der Waals surface area contributed by atoms with Crippen LogP contribution in [0.25, 0.3) is 0 Å². The Balaban J connectivity index is 3.69. The maximum atomic E-state index is 11.4. The fourth-order valence-corrected chi connectivity index (χ4v) is 4.44. The standard InChI is InChI=1S/C9H14NO2.C4H9.Sn/c1-3-8(2)10-9(12)6-4-5-7-11;1-3-4-2;/h1,3-4,6,8,11H,5,7H2,2H3,(H,10,12);1,3-4H2,2H3;/b3-1?,6-4+;;. The fourth-order valence-electron chi connectivity index (χ4n) is 1.16. The SMILES string of the molecule is CCC[CH2][Sn]/[CH]=C/C(C)NC(=O)/C=C/CCO. The van der Waals surface area contributed by atoms with Crippen LogP contribution < -0.4 is 5.32 Å². The van der Waals surface area contributed by atoms with Gasteiger partial charge in [-0.25, -0.2) is 0 Å². The van der Waals surface area contributed by atoms with E-state index in [4.69, 9.17) is 5.11 Å². The van der Waals surface area contributed by atoms with Crippen LogP contribution in [-0.2, 0) is 4.79 Å². The first-order valence-corrected chi connectivity index (χ1v) is 9.85. The molecule has 0 spiro atoms. The van der Waals surface area contributed by atoms with Crippen molar-refractivity contribution in [2.75, 3.05) is 6.61 Å². The number of hydrogen-bond acceptors (Lipinski definition) is 2. The van der Waals surface area contributed by atoms with Crippen LogP contribution in [0.15, 0.2) is 22.3 Å². The van der Waals surface area contributed by atoms with Crippen molar-refractivity contribution in [1.82, 2.24) is 5.32 Å². The Morgan fingerprint density at radius 3 is 2.94 bits per heavy atom. The predicted octanol–water partition coefficient (Wildman–Crippen LogP) is 1.87. The minimum atomic E-state index is -0.338. The molecule has 0 fully saturated rings. The summed E-state index contributed by atoms with van der Waals surface area (Å²) in [5.74, 6) is -0.0884. The Hall–Kier alpha value is -0.291. The molecule has 1 unspecified atom stereocenters. The summed E-state index contributed by atoms with van der Waals surface area (Å²) >= 11 is -0.338. The van der Waals surface area contributed by atoms with Gasteiger partial charge in [0.1, 0.15) is 0 Å². The number of carbonyl (C=O) groups excluding carboxylic acids is 1. The van der Waals surface area contributed by atoms with Gasteiger partial charge >= 0.3 is 115 Å². The Bertz CT molecular complexity index is 252. The molecular weight excluding hydrogens is 321 g/mol. The number of amides is 1. The van der Waals surface area contributed by atoms with Crippen LogP contribution in [-0.4, -0.2) is 44.8 Å². The van der Waals surface area contributed by atoms with Crippen molar-refractivity contribution < 1.29 is 9.90 Å². The molecule has 4 heteroatoms. The van der Waals surface area contributed by atoms with Crippen molar-refractivity contribution in [2.24, 2.45) is 0 Å². The van der Waals surface area contributed by atoms with Crippen molar-refractivity contribution in [2.45, 2.75) is 43.6 Å². The van der Waals surface area contributed by atoms with Crippen molar-refractivity contribution in [3.63, 3.8) is 0 Å². The molecule has 0 bridgehead atoms. The Labute approximate surface area is 115 Å². The van der Waals surface area contributed by atoms with E-state index in [2.05, 4.69) is 22.4 Å². The van der Waals surface area contributed by atoms with Crippen LogP contribution in [0.4, 0.5) is 0 Å². The first-order chi connectivity index (χ1) is 8.20. The van der Waals surface area contributed by atoms with Gasteiger partial charge in [-0.2, -0.15) is 0 Å². The molecule has 0 heterocycles. The Morgan fingerprint density at radius 2 is 2.29 bits per heavy atom. The first kappa shape index (κ1) is 16.7. The molecule has 2 radical (unpaired) electrons. The zero-order valence-corrected chi connectivity index (χ0v) is 13.6. The van der Waals surface area contributed by atoms with Crippen LogP contribution in [0, 0.1) is 0 Å². The van der Waals surface area contributed by atoms with Crippen LogP contribution in [0.1, 0.15) is 33.1 Å². The third kappa shape index (κ3) is 12.0. The van der Waals surface area contributed by atoms with Gasteiger partial charge in [-0.1, -0.05) is 0 Å². The van der Waals surface area contributed by atoms with Crippen LogP contribution in [0.5, 0.6) is 0 Å². The molecule has 96 valence electrons. The summed E-state index contributed by atoms with van der Waals surface area (Å²) in [6.07, 6.45) is 8.40. The topological polar surface area (TPSA) is 49.3 Å². The van der Waals surface area contributed by atoms with E-state index in [0.717, 1.165) is 0 Å². The number of aliphatic hydroxyl groups is 1. The van der Waals surface area contributed by atoms with Gasteiger partial charge < -0.3 is 0 Å². The number of unbranched alkanes of at least 4 members (excludes halogenated alkanes) is 1. The van der Waals surface area contributed by atoms with Gasteiger partial charge in [-0.05, 0) is 0 Å². The van der Waals surface area contributed by atoms with E-state index in [9.17, 15) is 4.79 Å². The molecule has 0 aromatic carbocycles. The second-order valence-corrected chi connectivity index (χ2v) is 7.42. The molecule has 0 aliphatic heterocycles. The summed E-state index contributed by atoms with van der Waals surface area (Å²) in [5.41, 5.74) is 0. The maximum absolute atomic E-state index is 11.4. The van der Waals surface area contributed by atoms with Gasteiger partial charge in [-0.3, -0.25) is 0 Å². The monoisotopic (exact) mass is 345 g/mol. The number of hydrogen-bond donors (Lipinski definition) is 2. The number of carbonyl (C=O) groups is 1. The molecule has 1 amide bonds. The molecule has 0 saturated heterocycles. The van der Waals surface area contributed by atoms with Crippen molar-refractivity contribution >= 4 is 27.0 Å². The summed E-state index contributed by atoms with van der Waals surface area (Å²) in [6.45, 7) is 4.28. The summed E-state index contributed by atoms with van der Waals surface area (Å²) < 4.78 is 3.68. The van der Waals surface area contributed by atoms with Crippen LogP contribution >= 0.6 is 0 Å². The number of rotatable bonds is 9. The molecule has 0 aromatic heterocycles. The van der Waals surface area contributed by atoms with Gasteiger partial charge in [-0.15, -0.1) is 0 Å². The molecular formula is C13H23NO2Sn. The predicted molar refractivity (Wildman–Crippen MR) is 73.1 cm³/mol. The third-order valence-electron chi connectivity index (χ3n) is 2.11. The molecule has 17 heavy (non-hydrogen) atoms. The normalized spacial score (nSPS) is 13.4. The Morgan fingerprint density at radius 1 is 1.53 bits per heavy atom. The van der Waals surface area contributed by atoms with E-state index in [-0.39, 0.29) is 39.7 Å². The molecule has 0 saturated carbocycles. The molecule has 0 aliphatic rings. The molecule has 0 aliphatic carbocycles. The van der Waals surface area contributed by atoms with Gasteiger partial charge in [0.05, 0.1) is 0 Å². The molecule has 3 nitrogen and oxygen atoms in total. The van der Waals surface area contributed by atoms with Gasteiger partial charge in [0.15, 0.2) is 0 Å². The number of aliphatic hydroxyl groups excluding tert-OH is 1. The second-order valence-electron chi connectivity index (χ2n) is 3.88. The summed E-state index contributed by atoms with van der Waals surface area (Å²) in [7, 11) is 0. The van der Waals surface area contributed by atoms with Crippen LogP contribution in [0.2, 0.25) is 4.44 Å². The van der Waals surface area contributed by atoms with Crippen molar-refractivity contribution in [3.8, 4) is 0 Å². The van der Waals surface area contributed by atoms with E-state index in [0.29, 0.717) is 6.42 Å². The third-order valence-corrected chi connectivity index (χ3v) is 5.17. The average molecular weight is 344 g/mol. The van der Waals surface area contributed by atoms with E-state index in [1.165, 1.54) is 23.4 Å². The number of nitrogens with one attached hydrogen (secondary N) is 1. The molecule has 1 atom stereocenters. The summed E-state index contributed by atoms with van der Waals surface area (Å²) in [5, 5.41) is 11.4. The average Bonchev–Trinajstić information content (AvgIpc) is 2.29. The van der Waals surface area contributed by atoms with Gasteiger partial charge in [0, 0.05) is 0 Å². The first-order valence-electron chi connectivity index (χ1n) is 6.18. The van der Waals surface area contributed by atoms with Crippen molar-refractivity contribution in [3.05, 3.63) is 22.3 Å². The van der Waals surface area contributed by atoms with E-state index >= 15 is 0 Å². The zero-order chi connectivity index (χ0) is 12.9. The van der Waals surface area contributed by atoms with Crippen molar-refractivity contribution in [1.29, 1.82) is 0 Å². The van der Waals surface area contributed by atoms with E-state index in [1.54, 1.807) is 6.08 Å². The quantitative estimate of drug-likeness (QED) is 0.381. The molecule has 0 rings (SSSR count). The Kier molecular flexibility index (Phi) is 12.0. The van der Waals surface area contributed by atoms with E-state index in [1.807, 2.05) is 6.92 Å². The molecule has 0 aromatic rings. The minimum absolute atomic E-state index is 0.0868. The van der Waals surface area contributed by atoms with Gasteiger partial charge in [0.25, 0.3) is 0 Å². The zero-order valence-electron chi connectivity index (χ0n) is 10.8. The van der Waals surface area contributed by atoms with Crippen LogP contribution in [0.3, 0.4) is 0 Å². The fraction of sp³-hybridized carbons (Fsp3) is 0.615.